The van der Waals surface area contributed by atoms with Gasteiger partial charge in [-0.15, -0.1) is 0 Å². The van der Waals surface area contributed by atoms with E-state index in [1.807, 2.05) is 25.4 Å². The Bertz CT molecular complexity index is 417. The van der Waals surface area contributed by atoms with Crippen LogP contribution < -0.4 is 5.32 Å². The van der Waals surface area contributed by atoms with Gasteiger partial charge in [-0.1, -0.05) is 12.1 Å². The van der Waals surface area contributed by atoms with Crippen LogP contribution in [0.1, 0.15) is 11.1 Å². The summed E-state index contributed by atoms with van der Waals surface area (Å²) < 4.78 is 5.44. The zero-order valence-corrected chi connectivity index (χ0v) is 7.92. The Morgan fingerprint density at radius 1 is 1.38 bits per heavy atom. The summed E-state index contributed by atoms with van der Waals surface area (Å²) in [6.45, 7) is 2.97. The fourth-order valence-electron chi connectivity index (χ4n) is 1.66. The number of nitrogens with one attached hydrogen (secondary N) is 1. The second-order valence-electron chi connectivity index (χ2n) is 3.24. The molecule has 0 aliphatic heterocycles. The first-order valence-corrected chi connectivity index (χ1v) is 4.43. The van der Waals surface area contributed by atoms with E-state index < -0.39 is 0 Å². The maximum Gasteiger partial charge on any atom is 0.134 e. The topological polar surface area (TPSA) is 25.2 Å². The van der Waals surface area contributed by atoms with Crippen LogP contribution in [-0.4, -0.2) is 7.05 Å². The van der Waals surface area contributed by atoms with Gasteiger partial charge >= 0.3 is 0 Å². The van der Waals surface area contributed by atoms with Crippen LogP contribution >= 0.6 is 0 Å². The van der Waals surface area contributed by atoms with Gasteiger partial charge in [-0.05, 0) is 25.6 Å². The molecule has 0 unspecified atom stereocenters. The summed E-state index contributed by atoms with van der Waals surface area (Å²) in [6.07, 6.45) is 1.83. The molecule has 2 rings (SSSR count). The highest BCUT2D eigenvalue weighted by Gasteiger charge is 2.06. The van der Waals surface area contributed by atoms with E-state index in [1.54, 1.807) is 0 Å². The van der Waals surface area contributed by atoms with Gasteiger partial charge in [0.2, 0.25) is 0 Å². The van der Waals surface area contributed by atoms with Gasteiger partial charge in [0.25, 0.3) is 0 Å². The molecular weight excluding hydrogens is 162 g/mol. The molecule has 0 amide bonds. The molecule has 1 N–H and O–H groups in total. The van der Waals surface area contributed by atoms with Gasteiger partial charge in [0.1, 0.15) is 5.58 Å². The number of fused-ring (bicyclic) bond motifs is 1. The van der Waals surface area contributed by atoms with Gasteiger partial charge in [0, 0.05) is 17.5 Å². The maximum absolute atomic E-state index is 5.44. The molecule has 0 bridgehead atoms. The van der Waals surface area contributed by atoms with Crippen LogP contribution in [0.25, 0.3) is 11.0 Å². The van der Waals surface area contributed by atoms with E-state index in [1.165, 1.54) is 16.5 Å². The van der Waals surface area contributed by atoms with E-state index in [-0.39, 0.29) is 0 Å². The average Bonchev–Trinajstić information content (AvgIpc) is 2.51. The largest absolute Gasteiger partial charge is 0.464 e. The van der Waals surface area contributed by atoms with Crippen molar-refractivity contribution in [3.63, 3.8) is 0 Å². The fourth-order valence-corrected chi connectivity index (χ4v) is 1.66. The Balaban J connectivity index is 2.64. The molecule has 0 aliphatic carbocycles. The third-order valence-corrected chi connectivity index (χ3v) is 2.25. The van der Waals surface area contributed by atoms with Crippen LogP contribution in [0.15, 0.2) is 28.9 Å². The molecule has 0 saturated carbocycles. The highest BCUT2D eigenvalue weighted by Crippen LogP contribution is 2.24. The predicted octanol–water partition coefficient (Wildman–Crippen LogP) is 2.46. The summed E-state index contributed by atoms with van der Waals surface area (Å²) in [5.74, 6) is 0. The molecule has 0 radical (unpaired) electrons. The van der Waals surface area contributed by atoms with Crippen molar-refractivity contribution in [2.75, 3.05) is 7.05 Å². The monoisotopic (exact) mass is 175 g/mol. The molecule has 1 aromatic heterocycles. The van der Waals surface area contributed by atoms with Crippen LogP contribution in [0.5, 0.6) is 0 Å². The van der Waals surface area contributed by atoms with E-state index in [0.717, 1.165) is 12.1 Å². The highest BCUT2D eigenvalue weighted by molar-refractivity contribution is 5.84. The number of aryl methyl sites for hydroxylation is 1. The van der Waals surface area contributed by atoms with Crippen molar-refractivity contribution in [2.24, 2.45) is 0 Å². The first kappa shape index (κ1) is 8.32. The van der Waals surface area contributed by atoms with Gasteiger partial charge in [0.05, 0.1) is 6.26 Å². The molecule has 0 aliphatic rings. The minimum absolute atomic E-state index is 0.859. The minimum Gasteiger partial charge on any atom is -0.464 e. The Morgan fingerprint density at radius 3 is 3.00 bits per heavy atom. The fraction of sp³-hybridized carbons (Fsp3) is 0.273. The standard InChI is InChI=1S/C11H13NO/c1-8-4-3-5-10-11(8)9(6-12-2)7-13-10/h3-5,7,12H,6H2,1-2H3. The molecule has 2 aromatic rings. The number of benzene rings is 1. The molecular formula is C11H13NO. The lowest BCUT2D eigenvalue weighted by molar-refractivity contribution is 0.607. The van der Waals surface area contributed by atoms with Crippen LogP contribution in [0.3, 0.4) is 0 Å². The van der Waals surface area contributed by atoms with Crippen LogP contribution in [0.2, 0.25) is 0 Å². The third-order valence-electron chi connectivity index (χ3n) is 2.25. The lowest BCUT2D eigenvalue weighted by atomic mass is 10.1. The summed E-state index contributed by atoms with van der Waals surface area (Å²) in [5.41, 5.74) is 3.48. The SMILES string of the molecule is CNCc1coc2cccc(C)c12. The average molecular weight is 175 g/mol. The Morgan fingerprint density at radius 2 is 2.23 bits per heavy atom. The van der Waals surface area contributed by atoms with Crippen molar-refractivity contribution in [1.82, 2.24) is 5.32 Å². The predicted molar refractivity (Wildman–Crippen MR) is 53.7 cm³/mol. The minimum atomic E-state index is 0.859. The molecule has 13 heavy (non-hydrogen) atoms. The zero-order chi connectivity index (χ0) is 9.26. The normalized spacial score (nSPS) is 10.9. The van der Waals surface area contributed by atoms with Gasteiger partial charge in [-0.2, -0.15) is 0 Å². The zero-order valence-electron chi connectivity index (χ0n) is 7.92. The maximum atomic E-state index is 5.44. The smallest absolute Gasteiger partial charge is 0.134 e. The van der Waals surface area contributed by atoms with Crippen molar-refractivity contribution in [3.8, 4) is 0 Å². The number of hydrogen-bond donors (Lipinski definition) is 1. The van der Waals surface area contributed by atoms with Gasteiger partial charge in [-0.3, -0.25) is 0 Å². The van der Waals surface area contributed by atoms with Crippen molar-refractivity contribution in [2.45, 2.75) is 13.5 Å². The molecule has 68 valence electrons. The molecule has 2 heteroatoms. The van der Waals surface area contributed by atoms with Gasteiger partial charge in [-0.25, -0.2) is 0 Å². The Hall–Kier alpha value is -1.28. The molecule has 1 aromatic carbocycles. The molecule has 0 atom stereocenters. The number of hydrogen-bond acceptors (Lipinski definition) is 2. The second-order valence-corrected chi connectivity index (χ2v) is 3.24. The summed E-state index contributed by atoms with van der Waals surface area (Å²) in [6, 6.07) is 6.13. The molecule has 0 fully saturated rings. The molecule has 2 nitrogen and oxygen atoms in total. The quantitative estimate of drug-likeness (QED) is 0.758. The first-order chi connectivity index (χ1) is 6.33. The van der Waals surface area contributed by atoms with E-state index in [9.17, 15) is 0 Å². The van der Waals surface area contributed by atoms with Crippen molar-refractivity contribution in [3.05, 3.63) is 35.6 Å². The van der Waals surface area contributed by atoms with Crippen LogP contribution in [0, 0.1) is 6.92 Å². The Kier molecular flexibility index (Phi) is 2.07. The molecule has 0 saturated heterocycles. The van der Waals surface area contributed by atoms with E-state index in [2.05, 4.69) is 18.3 Å². The van der Waals surface area contributed by atoms with Crippen LogP contribution in [0.4, 0.5) is 0 Å². The molecule has 0 spiro atoms. The first-order valence-electron chi connectivity index (χ1n) is 4.43. The van der Waals surface area contributed by atoms with Gasteiger partial charge in [0.15, 0.2) is 0 Å². The van der Waals surface area contributed by atoms with Crippen LogP contribution in [-0.2, 0) is 6.54 Å². The van der Waals surface area contributed by atoms with E-state index in [4.69, 9.17) is 4.42 Å². The van der Waals surface area contributed by atoms with Crippen molar-refractivity contribution in [1.29, 1.82) is 0 Å². The van der Waals surface area contributed by atoms with Gasteiger partial charge < -0.3 is 9.73 Å². The van der Waals surface area contributed by atoms with E-state index in [0.29, 0.717) is 0 Å². The van der Waals surface area contributed by atoms with Crippen molar-refractivity contribution >= 4 is 11.0 Å². The van der Waals surface area contributed by atoms with Crippen molar-refractivity contribution < 1.29 is 4.42 Å². The summed E-state index contributed by atoms with van der Waals surface area (Å²) >= 11 is 0. The summed E-state index contributed by atoms with van der Waals surface area (Å²) in [5, 5.41) is 4.38. The highest BCUT2D eigenvalue weighted by atomic mass is 16.3. The summed E-state index contributed by atoms with van der Waals surface area (Å²) in [7, 11) is 1.94. The number of furan rings is 1. The Labute approximate surface area is 77.6 Å². The lowest BCUT2D eigenvalue weighted by Crippen LogP contribution is -2.04. The second kappa shape index (κ2) is 3.23. The molecule has 1 heterocycles. The number of rotatable bonds is 2. The van der Waals surface area contributed by atoms with E-state index >= 15 is 0 Å². The third kappa shape index (κ3) is 1.33. The lowest BCUT2D eigenvalue weighted by Gasteiger charge is -1.98. The summed E-state index contributed by atoms with van der Waals surface area (Å²) in [4.78, 5) is 0.